The third-order valence-corrected chi connectivity index (χ3v) is 9.15. The number of fused-ring (bicyclic) bond motifs is 1. The molecule has 324 valence electrons. The summed E-state index contributed by atoms with van der Waals surface area (Å²) in [7, 11) is 0. The molecule has 0 radical (unpaired) electrons. The van der Waals surface area contributed by atoms with Gasteiger partial charge in [0.1, 0.15) is 6.04 Å². The van der Waals surface area contributed by atoms with Crippen LogP contribution in [0.2, 0.25) is 0 Å². The summed E-state index contributed by atoms with van der Waals surface area (Å²) in [5, 5.41) is 5.34. The van der Waals surface area contributed by atoms with Crippen LogP contribution in [0.5, 0.6) is 0 Å². The Morgan fingerprint density at radius 2 is 1.00 bits per heavy atom. The number of nitrogens with one attached hydrogen (secondary N) is 2. The zero-order valence-corrected chi connectivity index (χ0v) is 34.1. The van der Waals surface area contributed by atoms with Crippen LogP contribution in [0.25, 0.3) is 0 Å². The van der Waals surface area contributed by atoms with Crippen molar-refractivity contribution < 1.29 is 61.8 Å². The minimum atomic E-state index is -1.01. The summed E-state index contributed by atoms with van der Waals surface area (Å²) in [5.74, 6) is -2.16. The van der Waals surface area contributed by atoms with Crippen molar-refractivity contribution in [2.45, 2.75) is 77.2 Å². The van der Waals surface area contributed by atoms with E-state index in [1.807, 2.05) is 0 Å². The largest absolute Gasteiger partial charge is 0.382 e. The fourth-order valence-electron chi connectivity index (χ4n) is 6.12. The van der Waals surface area contributed by atoms with Crippen LogP contribution in [0.4, 0.5) is 5.69 Å². The van der Waals surface area contributed by atoms with E-state index in [4.69, 9.17) is 42.6 Å². The van der Waals surface area contributed by atoms with Crippen molar-refractivity contribution >= 4 is 29.3 Å². The van der Waals surface area contributed by atoms with Crippen LogP contribution in [-0.4, -0.2) is 160 Å². The number of carbonyl (C=O) groups excluding carboxylic acids is 4. The predicted molar refractivity (Wildman–Crippen MR) is 212 cm³/mol. The summed E-state index contributed by atoms with van der Waals surface area (Å²) < 4.78 is 49.8. The highest BCUT2D eigenvalue weighted by Gasteiger charge is 2.45. The van der Waals surface area contributed by atoms with Crippen molar-refractivity contribution in [1.29, 1.82) is 0 Å². The Morgan fingerprint density at radius 1 is 0.561 bits per heavy atom. The third kappa shape index (κ3) is 20.5. The zero-order chi connectivity index (χ0) is 40.6. The Kier molecular flexibility index (Phi) is 27.0. The molecule has 16 heteroatoms. The van der Waals surface area contributed by atoms with Crippen LogP contribution in [-0.2, 0) is 52.2 Å². The SMILES string of the molecule is CCCCCCCCCCOCCOCCOCCOCCOCCOCCOCCOCCOCCNc1cccc2c1C(=O)N(C1CCC(=O)NC1=O)C2=O. The molecule has 3 rings (SSSR count). The average molecular weight is 810 g/mol. The van der Waals surface area contributed by atoms with Gasteiger partial charge in [-0.05, 0) is 25.0 Å². The number of rotatable bonds is 38. The average Bonchev–Trinajstić information content (AvgIpc) is 3.46. The lowest BCUT2D eigenvalue weighted by molar-refractivity contribution is -0.136. The summed E-state index contributed by atoms with van der Waals surface area (Å²) in [6.07, 6.45) is 10.6. The summed E-state index contributed by atoms with van der Waals surface area (Å²) in [4.78, 5) is 50.9. The highest BCUT2D eigenvalue weighted by atomic mass is 16.6. The number of amides is 4. The third-order valence-electron chi connectivity index (χ3n) is 9.15. The number of carbonyl (C=O) groups is 4. The van der Waals surface area contributed by atoms with E-state index in [1.54, 1.807) is 18.2 Å². The molecular formula is C41H67N3O13. The molecule has 57 heavy (non-hydrogen) atoms. The lowest BCUT2D eigenvalue weighted by atomic mass is 10.0. The van der Waals surface area contributed by atoms with E-state index in [1.165, 1.54) is 44.9 Å². The van der Waals surface area contributed by atoms with Gasteiger partial charge in [-0.1, -0.05) is 57.9 Å². The Balaban J connectivity index is 0.995. The number of imide groups is 2. The molecule has 2 heterocycles. The molecule has 1 aromatic rings. The van der Waals surface area contributed by atoms with Crippen molar-refractivity contribution in [3.8, 4) is 0 Å². The quantitative estimate of drug-likeness (QED) is 0.0728. The molecule has 0 aromatic heterocycles. The van der Waals surface area contributed by atoms with Gasteiger partial charge in [-0.25, -0.2) is 0 Å². The Bertz CT molecular complexity index is 1270. The first-order valence-electron chi connectivity index (χ1n) is 20.8. The van der Waals surface area contributed by atoms with Crippen molar-refractivity contribution in [1.82, 2.24) is 10.2 Å². The van der Waals surface area contributed by atoms with Crippen molar-refractivity contribution in [2.75, 3.05) is 131 Å². The normalized spacial score (nSPS) is 15.5. The monoisotopic (exact) mass is 809 g/mol. The molecule has 1 unspecified atom stereocenters. The molecule has 2 N–H and O–H groups in total. The number of piperidine rings is 1. The molecule has 1 fully saturated rings. The number of unbranched alkanes of at least 4 members (excludes halogenated alkanes) is 7. The minimum Gasteiger partial charge on any atom is -0.382 e. The van der Waals surface area contributed by atoms with Gasteiger partial charge in [0.25, 0.3) is 11.8 Å². The van der Waals surface area contributed by atoms with Crippen LogP contribution < -0.4 is 10.6 Å². The maximum absolute atomic E-state index is 13.2. The standard InChI is InChI=1S/C41H67N3O13/c1-2-3-4-5-6-7-8-9-16-49-18-20-51-22-24-53-26-28-55-30-32-57-33-31-56-29-27-54-25-23-52-21-19-50-17-15-42-35-12-10-11-34-38(35)41(48)44(40(34)47)36-13-14-37(45)43-39(36)46/h10-12,36,42H,2-9,13-33H2,1H3,(H,43,45,46). The minimum absolute atomic E-state index is 0.0684. The summed E-state index contributed by atoms with van der Waals surface area (Å²) in [5.41, 5.74) is 0.918. The molecule has 4 amide bonds. The van der Waals surface area contributed by atoms with Gasteiger partial charge in [0.05, 0.1) is 123 Å². The maximum atomic E-state index is 13.2. The fraction of sp³-hybridized carbons (Fsp3) is 0.756. The van der Waals surface area contributed by atoms with E-state index < -0.39 is 29.7 Å². The smallest absolute Gasteiger partial charge is 0.264 e. The second-order valence-corrected chi connectivity index (χ2v) is 13.6. The fourth-order valence-corrected chi connectivity index (χ4v) is 6.12. The lowest BCUT2D eigenvalue weighted by Gasteiger charge is -2.27. The predicted octanol–water partition coefficient (Wildman–Crippen LogP) is 3.79. The lowest BCUT2D eigenvalue weighted by Crippen LogP contribution is -2.54. The van der Waals surface area contributed by atoms with Gasteiger partial charge in [0.2, 0.25) is 11.8 Å². The molecule has 0 bridgehead atoms. The van der Waals surface area contributed by atoms with Crippen LogP contribution in [0.3, 0.4) is 0 Å². The molecule has 2 aliphatic heterocycles. The molecule has 0 aliphatic carbocycles. The van der Waals surface area contributed by atoms with Crippen LogP contribution in [0.1, 0.15) is 91.8 Å². The van der Waals surface area contributed by atoms with Gasteiger partial charge in [0, 0.05) is 25.3 Å². The number of anilines is 1. The van der Waals surface area contributed by atoms with Gasteiger partial charge < -0.3 is 47.9 Å². The van der Waals surface area contributed by atoms with E-state index in [-0.39, 0.29) is 24.0 Å². The molecule has 1 atom stereocenters. The maximum Gasteiger partial charge on any atom is 0.264 e. The van der Waals surface area contributed by atoms with Crippen LogP contribution >= 0.6 is 0 Å². The molecule has 1 saturated heterocycles. The summed E-state index contributed by atoms with van der Waals surface area (Å²) in [6.45, 7) is 11.6. The number of ether oxygens (including phenoxy) is 9. The number of benzene rings is 1. The molecule has 0 saturated carbocycles. The number of hydrogen-bond acceptors (Lipinski definition) is 14. The van der Waals surface area contributed by atoms with E-state index in [2.05, 4.69) is 17.6 Å². The molecule has 2 aliphatic rings. The van der Waals surface area contributed by atoms with Crippen molar-refractivity contribution in [3.63, 3.8) is 0 Å². The van der Waals surface area contributed by atoms with Crippen molar-refractivity contribution in [3.05, 3.63) is 29.3 Å². The van der Waals surface area contributed by atoms with Crippen LogP contribution in [0.15, 0.2) is 18.2 Å². The zero-order valence-electron chi connectivity index (χ0n) is 34.1. The Morgan fingerprint density at radius 3 is 1.47 bits per heavy atom. The number of nitrogens with zero attached hydrogens (tertiary/aromatic N) is 1. The Labute approximate surface area is 338 Å². The molecule has 1 aromatic carbocycles. The number of hydrogen-bond donors (Lipinski definition) is 2. The van der Waals surface area contributed by atoms with E-state index in [0.717, 1.165) is 17.9 Å². The first-order chi connectivity index (χ1) is 28.0. The second-order valence-electron chi connectivity index (χ2n) is 13.6. The highest BCUT2D eigenvalue weighted by molar-refractivity contribution is 6.25. The Hall–Kier alpha value is -3.06. The summed E-state index contributed by atoms with van der Waals surface area (Å²) in [6, 6.07) is 3.92. The van der Waals surface area contributed by atoms with E-state index in [0.29, 0.717) is 125 Å². The van der Waals surface area contributed by atoms with Gasteiger partial charge in [-0.2, -0.15) is 0 Å². The first kappa shape index (κ1) is 48.3. The topological polar surface area (TPSA) is 179 Å². The highest BCUT2D eigenvalue weighted by Crippen LogP contribution is 2.32. The van der Waals surface area contributed by atoms with Gasteiger partial charge >= 0.3 is 0 Å². The van der Waals surface area contributed by atoms with E-state index in [9.17, 15) is 19.2 Å². The second kappa shape index (κ2) is 31.9. The summed E-state index contributed by atoms with van der Waals surface area (Å²) >= 11 is 0. The van der Waals surface area contributed by atoms with Gasteiger partial charge in [-0.15, -0.1) is 0 Å². The first-order valence-corrected chi connectivity index (χ1v) is 20.8. The van der Waals surface area contributed by atoms with Gasteiger partial charge in [0.15, 0.2) is 0 Å². The van der Waals surface area contributed by atoms with E-state index >= 15 is 0 Å². The molecule has 16 nitrogen and oxygen atoms in total. The molecular weight excluding hydrogens is 742 g/mol. The molecule has 0 spiro atoms. The van der Waals surface area contributed by atoms with Crippen molar-refractivity contribution in [2.24, 2.45) is 0 Å². The van der Waals surface area contributed by atoms with Crippen LogP contribution in [0, 0.1) is 0 Å². The van der Waals surface area contributed by atoms with Gasteiger partial charge in [-0.3, -0.25) is 29.4 Å².